The molecule has 0 saturated heterocycles. The molecule has 5 nitrogen and oxygen atoms in total. The zero-order chi connectivity index (χ0) is 11.8. The first-order valence-corrected chi connectivity index (χ1v) is 5.62. The van der Waals surface area contributed by atoms with E-state index in [2.05, 4.69) is 15.5 Å². The van der Waals surface area contributed by atoms with E-state index in [9.17, 15) is 4.79 Å². The Morgan fingerprint density at radius 2 is 2.25 bits per heavy atom. The monoisotopic (exact) mass is 222 g/mol. The molecule has 1 aliphatic rings. The Balaban J connectivity index is 2.10. The van der Waals surface area contributed by atoms with E-state index >= 15 is 0 Å². The van der Waals surface area contributed by atoms with Crippen LogP contribution in [0, 0.1) is 19.3 Å². The lowest BCUT2D eigenvalue weighted by Gasteiger charge is -2.38. The van der Waals surface area contributed by atoms with Crippen LogP contribution in [0.5, 0.6) is 0 Å². The number of rotatable bonds is 3. The lowest BCUT2D eigenvalue weighted by Crippen LogP contribution is -2.47. The zero-order valence-electron chi connectivity index (χ0n) is 9.76. The summed E-state index contributed by atoms with van der Waals surface area (Å²) in [7, 11) is 0. The number of amides is 1. The topological polar surface area (TPSA) is 83.8 Å². The molecule has 0 aliphatic heterocycles. The van der Waals surface area contributed by atoms with Crippen LogP contribution in [0.1, 0.15) is 30.5 Å². The predicted molar refractivity (Wildman–Crippen MR) is 62.0 cm³/mol. The van der Waals surface area contributed by atoms with E-state index in [-0.39, 0.29) is 11.3 Å². The van der Waals surface area contributed by atoms with E-state index < -0.39 is 0 Å². The third kappa shape index (κ3) is 1.61. The van der Waals surface area contributed by atoms with Gasteiger partial charge in [-0.05, 0) is 26.7 Å². The highest BCUT2D eigenvalue weighted by molar-refractivity contribution is 5.95. The van der Waals surface area contributed by atoms with Gasteiger partial charge in [0.1, 0.15) is 0 Å². The lowest BCUT2D eigenvalue weighted by atomic mass is 9.68. The van der Waals surface area contributed by atoms with Gasteiger partial charge in [-0.3, -0.25) is 9.89 Å². The number of H-pyrrole nitrogens is 1. The lowest BCUT2D eigenvalue weighted by molar-refractivity contribution is -0.129. The van der Waals surface area contributed by atoms with Crippen molar-refractivity contribution in [2.75, 3.05) is 11.9 Å². The number of aryl methyl sites for hydroxylation is 1. The van der Waals surface area contributed by atoms with Crippen molar-refractivity contribution < 1.29 is 4.79 Å². The number of aromatic amines is 1. The molecule has 0 bridgehead atoms. The number of carbonyl (C=O) groups excluding carboxylic acids is 1. The van der Waals surface area contributed by atoms with Gasteiger partial charge in [0.15, 0.2) is 5.82 Å². The third-order valence-electron chi connectivity index (χ3n) is 3.67. The molecular weight excluding hydrogens is 204 g/mol. The maximum absolute atomic E-state index is 12.1. The summed E-state index contributed by atoms with van der Waals surface area (Å²) in [6.07, 6.45) is 2.86. The Morgan fingerprint density at radius 1 is 1.56 bits per heavy atom. The number of aromatic nitrogens is 2. The van der Waals surface area contributed by atoms with Crippen molar-refractivity contribution in [2.24, 2.45) is 11.1 Å². The molecule has 1 aromatic heterocycles. The van der Waals surface area contributed by atoms with Crippen LogP contribution in [0.2, 0.25) is 0 Å². The normalized spacial score (nSPS) is 17.9. The molecule has 1 aromatic rings. The molecule has 0 spiro atoms. The van der Waals surface area contributed by atoms with E-state index in [1.807, 2.05) is 13.8 Å². The van der Waals surface area contributed by atoms with Gasteiger partial charge in [0, 0.05) is 17.8 Å². The van der Waals surface area contributed by atoms with Gasteiger partial charge in [-0.2, -0.15) is 5.10 Å². The average molecular weight is 222 g/mol. The minimum Gasteiger partial charge on any atom is -0.329 e. The minimum atomic E-state index is -0.348. The second-order valence-electron chi connectivity index (χ2n) is 4.61. The number of anilines is 1. The van der Waals surface area contributed by atoms with E-state index in [1.165, 1.54) is 0 Å². The van der Waals surface area contributed by atoms with Crippen molar-refractivity contribution in [2.45, 2.75) is 33.1 Å². The molecular formula is C11H18N4O. The van der Waals surface area contributed by atoms with Crippen molar-refractivity contribution in [3.63, 3.8) is 0 Å². The summed E-state index contributed by atoms with van der Waals surface area (Å²) in [6.45, 7) is 4.28. The highest BCUT2D eigenvalue weighted by atomic mass is 16.2. The molecule has 88 valence electrons. The van der Waals surface area contributed by atoms with E-state index in [4.69, 9.17) is 5.73 Å². The molecule has 0 radical (unpaired) electrons. The van der Waals surface area contributed by atoms with Gasteiger partial charge in [-0.1, -0.05) is 6.42 Å². The maximum Gasteiger partial charge on any atom is 0.233 e. The van der Waals surface area contributed by atoms with Crippen molar-refractivity contribution >= 4 is 11.7 Å². The smallest absolute Gasteiger partial charge is 0.233 e. The van der Waals surface area contributed by atoms with Crippen LogP contribution < -0.4 is 11.1 Å². The van der Waals surface area contributed by atoms with E-state index in [1.54, 1.807) is 0 Å². The fourth-order valence-electron chi connectivity index (χ4n) is 1.97. The van der Waals surface area contributed by atoms with Gasteiger partial charge < -0.3 is 11.1 Å². The fraction of sp³-hybridized carbons (Fsp3) is 0.636. The number of hydrogen-bond donors (Lipinski definition) is 3. The Labute approximate surface area is 94.8 Å². The van der Waals surface area contributed by atoms with Crippen LogP contribution in [0.3, 0.4) is 0 Å². The average Bonchev–Trinajstić information content (AvgIpc) is 2.49. The van der Waals surface area contributed by atoms with Crippen LogP contribution in [0.25, 0.3) is 0 Å². The summed E-state index contributed by atoms with van der Waals surface area (Å²) in [4.78, 5) is 12.1. The van der Waals surface area contributed by atoms with Gasteiger partial charge in [0.25, 0.3) is 0 Å². The Morgan fingerprint density at radius 3 is 2.62 bits per heavy atom. The second-order valence-corrected chi connectivity index (χ2v) is 4.61. The molecule has 1 saturated carbocycles. The fourth-order valence-corrected chi connectivity index (χ4v) is 1.97. The van der Waals surface area contributed by atoms with Gasteiger partial charge in [-0.25, -0.2) is 0 Å². The van der Waals surface area contributed by atoms with Crippen LogP contribution in [-0.4, -0.2) is 22.6 Å². The molecule has 16 heavy (non-hydrogen) atoms. The molecule has 5 heteroatoms. The number of nitrogens with zero attached hydrogens (tertiary/aromatic N) is 1. The summed E-state index contributed by atoms with van der Waals surface area (Å²) in [5.41, 5.74) is 7.29. The highest BCUT2D eigenvalue weighted by Crippen LogP contribution is 2.40. The Hall–Kier alpha value is -1.36. The highest BCUT2D eigenvalue weighted by Gasteiger charge is 2.43. The minimum absolute atomic E-state index is 0.0100. The van der Waals surface area contributed by atoms with Crippen molar-refractivity contribution in [1.29, 1.82) is 0 Å². The van der Waals surface area contributed by atoms with Crippen LogP contribution in [-0.2, 0) is 4.79 Å². The van der Waals surface area contributed by atoms with Crippen molar-refractivity contribution in [1.82, 2.24) is 10.2 Å². The molecule has 1 amide bonds. The zero-order valence-corrected chi connectivity index (χ0v) is 9.76. The summed E-state index contributed by atoms with van der Waals surface area (Å²) in [6, 6.07) is 0. The molecule has 2 rings (SSSR count). The summed E-state index contributed by atoms with van der Waals surface area (Å²) >= 11 is 0. The molecule has 4 N–H and O–H groups in total. The third-order valence-corrected chi connectivity index (χ3v) is 3.67. The summed E-state index contributed by atoms with van der Waals surface area (Å²) in [5.74, 6) is 0.637. The number of nitrogens with one attached hydrogen (secondary N) is 2. The number of hydrogen-bond acceptors (Lipinski definition) is 3. The predicted octanol–water partition coefficient (Wildman–Crippen LogP) is 1.09. The SMILES string of the molecule is Cc1[nH]nc(NC(=O)C2(CN)CCC2)c1C. The first kappa shape index (κ1) is 11.1. The molecule has 1 aliphatic carbocycles. The standard InChI is InChI=1S/C11H18N4O/c1-7-8(2)14-15-9(7)13-10(16)11(6-12)4-3-5-11/h3-6,12H2,1-2H3,(H2,13,14,15,16). The molecule has 0 atom stereocenters. The Bertz CT molecular complexity index is 401. The van der Waals surface area contributed by atoms with Crippen LogP contribution >= 0.6 is 0 Å². The van der Waals surface area contributed by atoms with Gasteiger partial charge in [0.2, 0.25) is 5.91 Å². The quantitative estimate of drug-likeness (QED) is 0.716. The van der Waals surface area contributed by atoms with Crippen molar-refractivity contribution in [3.8, 4) is 0 Å². The largest absolute Gasteiger partial charge is 0.329 e. The van der Waals surface area contributed by atoms with E-state index in [0.717, 1.165) is 30.5 Å². The number of nitrogens with two attached hydrogens (primary N) is 1. The van der Waals surface area contributed by atoms with Gasteiger partial charge >= 0.3 is 0 Å². The van der Waals surface area contributed by atoms with E-state index in [0.29, 0.717) is 12.4 Å². The molecule has 1 fully saturated rings. The molecule has 0 aromatic carbocycles. The summed E-state index contributed by atoms with van der Waals surface area (Å²) < 4.78 is 0. The first-order valence-electron chi connectivity index (χ1n) is 5.62. The maximum atomic E-state index is 12.1. The molecule has 1 heterocycles. The van der Waals surface area contributed by atoms with Crippen LogP contribution in [0.15, 0.2) is 0 Å². The summed E-state index contributed by atoms with van der Waals surface area (Å²) in [5, 5.41) is 9.78. The Kier molecular flexibility index (Phi) is 2.71. The molecule has 0 unspecified atom stereocenters. The second kappa shape index (κ2) is 3.90. The number of carbonyl (C=O) groups is 1. The first-order chi connectivity index (χ1) is 7.59. The van der Waals surface area contributed by atoms with Gasteiger partial charge in [-0.15, -0.1) is 0 Å². The van der Waals surface area contributed by atoms with Crippen molar-refractivity contribution in [3.05, 3.63) is 11.3 Å². The van der Waals surface area contributed by atoms with Crippen LogP contribution in [0.4, 0.5) is 5.82 Å². The van der Waals surface area contributed by atoms with Gasteiger partial charge in [0.05, 0.1) is 5.41 Å².